The topological polar surface area (TPSA) is 41.5 Å². The van der Waals surface area contributed by atoms with Crippen molar-refractivity contribution in [3.05, 3.63) is 29.8 Å². The quantitative estimate of drug-likeness (QED) is 0.760. The highest BCUT2D eigenvalue weighted by atomic mass is 16.5. The number of aliphatic hydroxyl groups is 1. The molecule has 0 saturated carbocycles. The fraction of sp³-hybridized carbons (Fsp3) is 0.571. The lowest BCUT2D eigenvalue weighted by Crippen LogP contribution is -2.23. The summed E-state index contributed by atoms with van der Waals surface area (Å²) in [6.07, 6.45) is 1.02. The summed E-state index contributed by atoms with van der Waals surface area (Å²) in [4.78, 5) is 0. The van der Waals surface area contributed by atoms with Crippen LogP contribution in [0.15, 0.2) is 24.3 Å². The predicted octanol–water partition coefficient (Wildman–Crippen LogP) is 1.84. The SMILES string of the molecule is CNC(C)Cc1ccc(OCC(C)CO)cc1. The Morgan fingerprint density at radius 3 is 2.41 bits per heavy atom. The van der Waals surface area contributed by atoms with Gasteiger partial charge in [0.15, 0.2) is 0 Å². The van der Waals surface area contributed by atoms with Gasteiger partial charge in [-0.3, -0.25) is 0 Å². The van der Waals surface area contributed by atoms with Gasteiger partial charge in [0.1, 0.15) is 5.75 Å². The molecule has 0 saturated heterocycles. The Bertz CT molecular complexity index is 311. The first kappa shape index (κ1) is 14.0. The molecule has 3 nitrogen and oxygen atoms in total. The minimum Gasteiger partial charge on any atom is -0.493 e. The molecule has 1 aromatic rings. The van der Waals surface area contributed by atoms with E-state index in [9.17, 15) is 0 Å². The van der Waals surface area contributed by atoms with Crippen molar-refractivity contribution < 1.29 is 9.84 Å². The summed E-state index contributed by atoms with van der Waals surface area (Å²) in [5.41, 5.74) is 1.30. The van der Waals surface area contributed by atoms with Crippen molar-refractivity contribution in [1.29, 1.82) is 0 Å². The predicted molar refractivity (Wildman–Crippen MR) is 70.4 cm³/mol. The molecule has 0 aliphatic heterocycles. The van der Waals surface area contributed by atoms with Gasteiger partial charge in [0.2, 0.25) is 0 Å². The van der Waals surface area contributed by atoms with Crippen LogP contribution in [0.4, 0.5) is 0 Å². The Kier molecular flexibility index (Phi) is 6.01. The van der Waals surface area contributed by atoms with Gasteiger partial charge < -0.3 is 15.2 Å². The first-order valence-electron chi connectivity index (χ1n) is 6.15. The van der Waals surface area contributed by atoms with E-state index in [0.717, 1.165) is 12.2 Å². The summed E-state index contributed by atoms with van der Waals surface area (Å²) >= 11 is 0. The summed E-state index contributed by atoms with van der Waals surface area (Å²) in [6.45, 7) is 4.84. The minimum atomic E-state index is 0.164. The lowest BCUT2D eigenvalue weighted by Gasteiger charge is -2.12. The third-order valence-electron chi connectivity index (χ3n) is 2.80. The van der Waals surface area contributed by atoms with Gasteiger partial charge in [-0.15, -0.1) is 0 Å². The van der Waals surface area contributed by atoms with Gasteiger partial charge in [0.05, 0.1) is 6.61 Å². The molecule has 0 amide bonds. The second-order valence-corrected chi connectivity index (χ2v) is 4.64. The van der Waals surface area contributed by atoms with E-state index in [2.05, 4.69) is 24.4 Å². The Morgan fingerprint density at radius 2 is 1.88 bits per heavy atom. The zero-order valence-electron chi connectivity index (χ0n) is 10.9. The Hall–Kier alpha value is -1.06. The minimum absolute atomic E-state index is 0.164. The zero-order chi connectivity index (χ0) is 12.7. The maximum absolute atomic E-state index is 8.90. The second-order valence-electron chi connectivity index (χ2n) is 4.64. The van der Waals surface area contributed by atoms with Gasteiger partial charge in [-0.1, -0.05) is 19.1 Å². The lowest BCUT2D eigenvalue weighted by molar-refractivity contribution is 0.174. The molecule has 0 aromatic heterocycles. The molecule has 2 N–H and O–H groups in total. The molecule has 2 unspecified atom stereocenters. The highest BCUT2D eigenvalue weighted by molar-refractivity contribution is 5.27. The summed E-state index contributed by atoms with van der Waals surface area (Å²) in [7, 11) is 1.97. The molecular formula is C14H23NO2. The number of nitrogens with one attached hydrogen (secondary N) is 1. The largest absolute Gasteiger partial charge is 0.493 e. The van der Waals surface area contributed by atoms with E-state index in [1.54, 1.807) is 0 Å². The number of benzene rings is 1. The van der Waals surface area contributed by atoms with E-state index in [0.29, 0.717) is 12.6 Å². The van der Waals surface area contributed by atoms with Gasteiger partial charge in [-0.25, -0.2) is 0 Å². The van der Waals surface area contributed by atoms with Crippen LogP contribution in [-0.4, -0.2) is 31.4 Å². The highest BCUT2D eigenvalue weighted by Gasteiger charge is 2.03. The first-order valence-corrected chi connectivity index (χ1v) is 6.15. The molecule has 0 spiro atoms. The summed E-state index contributed by atoms with van der Waals surface area (Å²) < 4.78 is 5.57. The molecule has 0 aliphatic carbocycles. The zero-order valence-corrected chi connectivity index (χ0v) is 10.9. The van der Waals surface area contributed by atoms with Crippen LogP contribution in [0.2, 0.25) is 0 Å². The summed E-state index contributed by atoms with van der Waals surface area (Å²) in [5, 5.41) is 12.1. The van der Waals surface area contributed by atoms with Crippen LogP contribution < -0.4 is 10.1 Å². The van der Waals surface area contributed by atoms with Crippen molar-refractivity contribution in [2.75, 3.05) is 20.3 Å². The van der Waals surface area contributed by atoms with Crippen LogP contribution in [0, 0.1) is 5.92 Å². The van der Waals surface area contributed by atoms with Gasteiger partial charge in [0, 0.05) is 18.6 Å². The first-order chi connectivity index (χ1) is 8.15. The fourth-order valence-corrected chi connectivity index (χ4v) is 1.47. The van der Waals surface area contributed by atoms with E-state index in [-0.39, 0.29) is 12.5 Å². The normalized spacial score (nSPS) is 14.4. The third-order valence-corrected chi connectivity index (χ3v) is 2.80. The van der Waals surface area contributed by atoms with Crippen molar-refractivity contribution in [2.24, 2.45) is 5.92 Å². The summed E-state index contributed by atoms with van der Waals surface area (Å²) in [5.74, 6) is 1.05. The Morgan fingerprint density at radius 1 is 1.24 bits per heavy atom. The maximum atomic E-state index is 8.90. The number of likely N-dealkylation sites (N-methyl/N-ethyl adjacent to an activating group) is 1. The third kappa shape index (κ3) is 5.20. The molecule has 1 rings (SSSR count). The monoisotopic (exact) mass is 237 g/mol. The molecule has 0 radical (unpaired) electrons. The van der Waals surface area contributed by atoms with Crippen LogP contribution in [0.1, 0.15) is 19.4 Å². The molecule has 0 aliphatic rings. The average Bonchev–Trinajstić information content (AvgIpc) is 2.37. The van der Waals surface area contributed by atoms with E-state index in [4.69, 9.17) is 9.84 Å². The Labute approximate surface area is 104 Å². The number of ether oxygens (including phenoxy) is 1. The molecular weight excluding hydrogens is 214 g/mol. The van der Waals surface area contributed by atoms with Crippen LogP contribution in [0.25, 0.3) is 0 Å². The molecule has 96 valence electrons. The maximum Gasteiger partial charge on any atom is 0.119 e. The fourth-order valence-electron chi connectivity index (χ4n) is 1.47. The van der Waals surface area contributed by atoms with Gasteiger partial charge in [-0.05, 0) is 38.1 Å². The van der Waals surface area contributed by atoms with Crippen molar-refractivity contribution in [3.8, 4) is 5.75 Å². The van der Waals surface area contributed by atoms with Crippen molar-refractivity contribution in [2.45, 2.75) is 26.3 Å². The second kappa shape index (κ2) is 7.30. The molecule has 0 fully saturated rings. The van der Waals surface area contributed by atoms with Crippen LogP contribution in [0.5, 0.6) is 5.75 Å². The number of hydrogen-bond donors (Lipinski definition) is 2. The van der Waals surface area contributed by atoms with Gasteiger partial charge in [-0.2, -0.15) is 0 Å². The van der Waals surface area contributed by atoms with Crippen molar-refractivity contribution >= 4 is 0 Å². The Balaban J connectivity index is 2.44. The van der Waals surface area contributed by atoms with E-state index >= 15 is 0 Å². The molecule has 0 heterocycles. The molecule has 1 aromatic carbocycles. The standard InChI is InChI=1S/C14H23NO2/c1-11(9-16)10-17-14-6-4-13(5-7-14)8-12(2)15-3/h4-7,11-12,15-16H,8-10H2,1-3H3. The van der Waals surface area contributed by atoms with E-state index in [1.807, 2.05) is 26.1 Å². The van der Waals surface area contributed by atoms with E-state index in [1.165, 1.54) is 5.56 Å². The molecule has 0 bridgehead atoms. The number of aliphatic hydroxyl groups excluding tert-OH is 1. The van der Waals surface area contributed by atoms with Crippen LogP contribution in [0.3, 0.4) is 0 Å². The number of hydrogen-bond acceptors (Lipinski definition) is 3. The summed E-state index contributed by atoms with van der Waals surface area (Å²) in [6, 6.07) is 8.64. The smallest absolute Gasteiger partial charge is 0.119 e. The van der Waals surface area contributed by atoms with Crippen molar-refractivity contribution in [3.63, 3.8) is 0 Å². The molecule has 2 atom stereocenters. The number of rotatable bonds is 7. The average molecular weight is 237 g/mol. The van der Waals surface area contributed by atoms with Crippen molar-refractivity contribution in [1.82, 2.24) is 5.32 Å². The molecule has 3 heteroatoms. The van der Waals surface area contributed by atoms with E-state index < -0.39 is 0 Å². The molecule has 17 heavy (non-hydrogen) atoms. The van der Waals surface area contributed by atoms with Crippen LogP contribution in [-0.2, 0) is 6.42 Å². The lowest BCUT2D eigenvalue weighted by atomic mass is 10.1. The highest BCUT2D eigenvalue weighted by Crippen LogP contribution is 2.14. The van der Waals surface area contributed by atoms with Crippen LogP contribution >= 0.6 is 0 Å². The van der Waals surface area contributed by atoms with Gasteiger partial charge >= 0.3 is 0 Å². The van der Waals surface area contributed by atoms with Gasteiger partial charge in [0.25, 0.3) is 0 Å².